The number of benzene rings is 1. The van der Waals surface area contributed by atoms with Crippen LogP contribution in [0.1, 0.15) is 12.5 Å². The molecule has 0 spiro atoms. The van der Waals surface area contributed by atoms with Crippen molar-refractivity contribution in [2.75, 3.05) is 0 Å². The number of aryl methyl sites for hydroxylation is 1. The van der Waals surface area contributed by atoms with Crippen LogP contribution in [0.15, 0.2) is 36.8 Å². The van der Waals surface area contributed by atoms with Crippen LogP contribution in [0.2, 0.25) is 0 Å². The van der Waals surface area contributed by atoms with E-state index in [1.807, 2.05) is 31.6 Å². The number of rotatable bonds is 3. The number of nitrogens with two attached hydrogens (primary N) is 1. The first-order valence-corrected chi connectivity index (χ1v) is 5.50. The van der Waals surface area contributed by atoms with Gasteiger partial charge in [-0.05, 0) is 19.4 Å². The molecule has 1 heterocycles. The molecule has 0 aliphatic rings. The summed E-state index contributed by atoms with van der Waals surface area (Å²) in [5.74, 6) is 0. The van der Waals surface area contributed by atoms with Crippen molar-refractivity contribution in [2.24, 2.45) is 5.73 Å². The summed E-state index contributed by atoms with van der Waals surface area (Å²) in [6.07, 6.45) is 3.73. The average Bonchev–Trinajstić information content (AvgIpc) is 2.66. The minimum atomic E-state index is 0.136. The van der Waals surface area contributed by atoms with Crippen LogP contribution in [-0.4, -0.2) is 15.6 Å². The molecule has 1 aromatic carbocycles. The first kappa shape index (κ1) is 10.9. The summed E-state index contributed by atoms with van der Waals surface area (Å²) in [7, 11) is 0. The standard InChI is InChI=1S/C13H17N3/c1-10-5-3-4-6-12(10)13-7-15-9-16(13)8-11(2)14/h3-7,9,11H,8,14H2,1-2H3. The molecule has 0 amide bonds. The van der Waals surface area contributed by atoms with E-state index in [-0.39, 0.29) is 6.04 Å². The van der Waals surface area contributed by atoms with Crippen molar-refractivity contribution in [2.45, 2.75) is 26.4 Å². The molecule has 0 saturated carbocycles. The van der Waals surface area contributed by atoms with E-state index >= 15 is 0 Å². The molecule has 1 unspecified atom stereocenters. The second kappa shape index (κ2) is 4.49. The third kappa shape index (κ3) is 2.14. The molecule has 1 atom stereocenters. The lowest BCUT2D eigenvalue weighted by Gasteiger charge is -2.12. The number of imidazole rings is 1. The SMILES string of the molecule is Cc1ccccc1-c1cncn1CC(C)N. The summed E-state index contributed by atoms with van der Waals surface area (Å²) < 4.78 is 2.10. The zero-order valence-electron chi connectivity index (χ0n) is 9.72. The lowest BCUT2D eigenvalue weighted by molar-refractivity contribution is 0.593. The number of aromatic nitrogens is 2. The van der Waals surface area contributed by atoms with Gasteiger partial charge in [-0.2, -0.15) is 0 Å². The first-order chi connectivity index (χ1) is 7.68. The quantitative estimate of drug-likeness (QED) is 0.853. The molecule has 2 rings (SSSR count). The van der Waals surface area contributed by atoms with Crippen molar-refractivity contribution < 1.29 is 0 Å². The first-order valence-electron chi connectivity index (χ1n) is 5.50. The van der Waals surface area contributed by atoms with Crippen LogP contribution in [0.5, 0.6) is 0 Å². The highest BCUT2D eigenvalue weighted by Crippen LogP contribution is 2.22. The van der Waals surface area contributed by atoms with E-state index in [1.54, 1.807) is 0 Å². The normalized spacial score (nSPS) is 12.7. The maximum absolute atomic E-state index is 5.82. The van der Waals surface area contributed by atoms with Gasteiger partial charge in [0.2, 0.25) is 0 Å². The monoisotopic (exact) mass is 215 g/mol. The highest BCUT2D eigenvalue weighted by molar-refractivity contribution is 5.63. The van der Waals surface area contributed by atoms with Crippen molar-refractivity contribution in [1.29, 1.82) is 0 Å². The fourth-order valence-electron chi connectivity index (χ4n) is 1.86. The summed E-state index contributed by atoms with van der Waals surface area (Å²) in [6, 6.07) is 8.45. The minimum Gasteiger partial charge on any atom is -0.329 e. The Morgan fingerprint density at radius 2 is 2.12 bits per heavy atom. The van der Waals surface area contributed by atoms with Crippen molar-refractivity contribution in [3.63, 3.8) is 0 Å². The van der Waals surface area contributed by atoms with Gasteiger partial charge >= 0.3 is 0 Å². The fraction of sp³-hybridized carbons (Fsp3) is 0.308. The molecule has 0 aliphatic heterocycles. The summed E-state index contributed by atoms with van der Waals surface area (Å²) in [4.78, 5) is 4.20. The molecule has 3 nitrogen and oxygen atoms in total. The third-order valence-corrected chi connectivity index (χ3v) is 2.62. The second-order valence-electron chi connectivity index (χ2n) is 4.22. The Kier molecular flexibility index (Phi) is 3.06. The topological polar surface area (TPSA) is 43.8 Å². The van der Waals surface area contributed by atoms with Gasteiger partial charge in [0.05, 0.1) is 18.2 Å². The molecule has 3 heteroatoms. The Balaban J connectivity index is 2.41. The molecule has 16 heavy (non-hydrogen) atoms. The van der Waals surface area contributed by atoms with Gasteiger partial charge in [0.15, 0.2) is 0 Å². The smallest absolute Gasteiger partial charge is 0.0951 e. The Hall–Kier alpha value is -1.61. The van der Waals surface area contributed by atoms with E-state index in [0.717, 1.165) is 12.2 Å². The summed E-state index contributed by atoms with van der Waals surface area (Å²) in [5, 5.41) is 0. The lowest BCUT2D eigenvalue weighted by Crippen LogP contribution is -2.22. The molecule has 2 aromatic rings. The van der Waals surface area contributed by atoms with E-state index in [2.05, 4.69) is 28.6 Å². The molecule has 0 bridgehead atoms. The Morgan fingerprint density at radius 3 is 2.81 bits per heavy atom. The van der Waals surface area contributed by atoms with Gasteiger partial charge in [0, 0.05) is 18.2 Å². The zero-order chi connectivity index (χ0) is 11.5. The van der Waals surface area contributed by atoms with Crippen molar-refractivity contribution >= 4 is 0 Å². The van der Waals surface area contributed by atoms with E-state index in [1.165, 1.54) is 11.1 Å². The third-order valence-electron chi connectivity index (χ3n) is 2.62. The highest BCUT2D eigenvalue weighted by atomic mass is 15.1. The summed E-state index contributed by atoms with van der Waals surface area (Å²) in [5.41, 5.74) is 9.44. The largest absolute Gasteiger partial charge is 0.329 e. The number of hydrogen-bond donors (Lipinski definition) is 1. The van der Waals surface area contributed by atoms with Gasteiger partial charge in [-0.25, -0.2) is 4.98 Å². The van der Waals surface area contributed by atoms with Gasteiger partial charge < -0.3 is 10.3 Å². The molecule has 0 saturated heterocycles. The van der Waals surface area contributed by atoms with Gasteiger partial charge in [0.1, 0.15) is 0 Å². The molecule has 0 radical (unpaired) electrons. The van der Waals surface area contributed by atoms with E-state index < -0.39 is 0 Å². The zero-order valence-corrected chi connectivity index (χ0v) is 9.72. The van der Waals surface area contributed by atoms with Crippen LogP contribution in [0.3, 0.4) is 0 Å². The molecule has 84 valence electrons. The van der Waals surface area contributed by atoms with Crippen LogP contribution >= 0.6 is 0 Å². The predicted octanol–water partition coefficient (Wildman–Crippen LogP) is 2.21. The van der Waals surface area contributed by atoms with E-state index in [0.29, 0.717) is 0 Å². The maximum Gasteiger partial charge on any atom is 0.0951 e. The second-order valence-corrected chi connectivity index (χ2v) is 4.22. The lowest BCUT2D eigenvalue weighted by atomic mass is 10.1. The Morgan fingerprint density at radius 1 is 1.38 bits per heavy atom. The van der Waals surface area contributed by atoms with Crippen LogP contribution in [0.25, 0.3) is 11.3 Å². The van der Waals surface area contributed by atoms with Gasteiger partial charge in [-0.15, -0.1) is 0 Å². The van der Waals surface area contributed by atoms with Gasteiger partial charge in [-0.1, -0.05) is 24.3 Å². The van der Waals surface area contributed by atoms with Crippen LogP contribution in [-0.2, 0) is 6.54 Å². The number of hydrogen-bond acceptors (Lipinski definition) is 2. The molecule has 1 aromatic heterocycles. The number of nitrogens with zero attached hydrogens (tertiary/aromatic N) is 2. The predicted molar refractivity (Wildman–Crippen MR) is 66.0 cm³/mol. The van der Waals surface area contributed by atoms with E-state index in [9.17, 15) is 0 Å². The van der Waals surface area contributed by atoms with Crippen LogP contribution in [0, 0.1) is 6.92 Å². The Labute approximate surface area is 95.9 Å². The fourth-order valence-corrected chi connectivity index (χ4v) is 1.86. The minimum absolute atomic E-state index is 0.136. The van der Waals surface area contributed by atoms with Gasteiger partial charge in [-0.3, -0.25) is 0 Å². The molecular formula is C13H17N3. The van der Waals surface area contributed by atoms with Crippen LogP contribution < -0.4 is 5.73 Å². The molecule has 0 aliphatic carbocycles. The van der Waals surface area contributed by atoms with Crippen molar-refractivity contribution in [1.82, 2.24) is 9.55 Å². The van der Waals surface area contributed by atoms with E-state index in [4.69, 9.17) is 5.73 Å². The van der Waals surface area contributed by atoms with Crippen molar-refractivity contribution in [3.05, 3.63) is 42.4 Å². The summed E-state index contributed by atoms with van der Waals surface area (Å²) in [6.45, 7) is 4.91. The molecule has 2 N–H and O–H groups in total. The molecular weight excluding hydrogens is 198 g/mol. The Bertz CT molecular complexity index is 472. The average molecular weight is 215 g/mol. The van der Waals surface area contributed by atoms with Crippen LogP contribution in [0.4, 0.5) is 0 Å². The van der Waals surface area contributed by atoms with Gasteiger partial charge in [0.25, 0.3) is 0 Å². The molecule has 0 fully saturated rings. The highest BCUT2D eigenvalue weighted by Gasteiger charge is 2.08. The summed E-state index contributed by atoms with van der Waals surface area (Å²) >= 11 is 0. The maximum atomic E-state index is 5.82. The van der Waals surface area contributed by atoms with Crippen molar-refractivity contribution in [3.8, 4) is 11.3 Å².